The van der Waals surface area contributed by atoms with Gasteiger partial charge in [-0.2, -0.15) is 13.2 Å². The van der Waals surface area contributed by atoms with Crippen LogP contribution in [0.5, 0.6) is 11.5 Å². The van der Waals surface area contributed by atoms with Gasteiger partial charge < -0.3 is 14.2 Å². The minimum atomic E-state index is -4.38. The third-order valence-corrected chi connectivity index (χ3v) is 2.19. The van der Waals surface area contributed by atoms with Crippen molar-refractivity contribution in [3.8, 4) is 11.5 Å². The number of rotatable bonds is 4. The normalized spacial score (nSPS) is 14.3. The van der Waals surface area contributed by atoms with E-state index in [0.29, 0.717) is 11.3 Å². The van der Waals surface area contributed by atoms with Crippen molar-refractivity contribution in [3.63, 3.8) is 0 Å². The summed E-state index contributed by atoms with van der Waals surface area (Å²) in [5.41, 5.74) is 0.443. The molecule has 0 radical (unpaired) electrons. The first-order chi connectivity index (χ1) is 8.46. The molecular weight excluding hydrogens is 253 g/mol. The number of ketones is 1. The van der Waals surface area contributed by atoms with E-state index in [1.54, 1.807) is 0 Å². The van der Waals surface area contributed by atoms with E-state index in [4.69, 9.17) is 9.47 Å². The molecule has 0 unspecified atom stereocenters. The molecule has 1 aromatic rings. The van der Waals surface area contributed by atoms with Crippen molar-refractivity contribution in [2.75, 3.05) is 20.0 Å². The molecule has 0 amide bonds. The number of benzene rings is 1. The monoisotopic (exact) mass is 262 g/mol. The van der Waals surface area contributed by atoms with Crippen LogP contribution in [0.2, 0.25) is 0 Å². The van der Waals surface area contributed by atoms with E-state index in [-0.39, 0.29) is 18.1 Å². The number of alkyl halides is 3. The third kappa shape index (κ3) is 3.13. The molecule has 1 aromatic carbocycles. The number of Topliss-reactive ketones (excluding diaryl/α,β-unsaturated/α-hetero) is 1. The molecule has 0 saturated carbocycles. The second-order valence-corrected chi connectivity index (χ2v) is 3.60. The lowest BCUT2D eigenvalue weighted by Crippen LogP contribution is -2.19. The SMILES string of the molecule is O=C1COc2cc(OCOCC(F)(F)F)ccc21. The van der Waals surface area contributed by atoms with Crippen LogP contribution >= 0.6 is 0 Å². The second-order valence-electron chi connectivity index (χ2n) is 3.60. The van der Waals surface area contributed by atoms with E-state index in [1.807, 2.05) is 0 Å². The zero-order chi connectivity index (χ0) is 13.2. The molecular formula is C11H9F3O4. The predicted octanol–water partition coefficient (Wildman–Crippen LogP) is 2.18. The molecule has 0 spiro atoms. The quantitative estimate of drug-likeness (QED) is 0.616. The summed E-state index contributed by atoms with van der Waals surface area (Å²) in [7, 11) is 0. The molecule has 1 aliphatic rings. The Morgan fingerprint density at radius 3 is 2.83 bits per heavy atom. The summed E-state index contributed by atoms with van der Waals surface area (Å²) in [4.78, 5) is 11.2. The summed E-state index contributed by atoms with van der Waals surface area (Å²) in [6.45, 7) is -1.91. The van der Waals surface area contributed by atoms with Gasteiger partial charge in [0, 0.05) is 6.07 Å². The lowest BCUT2D eigenvalue weighted by atomic mass is 10.1. The van der Waals surface area contributed by atoms with Gasteiger partial charge in [-0.3, -0.25) is 4.79 Å². The van der Waals surface area contributed by atoms with E-state index in [1.165, 1.54) is 18.2 Å². The third-order valence-electron chi connectivity index (χ3n) is 2.19. The Kier molecular flexibility index (Phi) is 3.42. The van der Waals surface area contributed by atoms with E-state index in [9.17, 15) is 18.0 Å². The first-order valence-corrected chi connectivity index (χ1v) is 5.03. The Morgan fingerprint density at radius 1 is 1.33 bits per heavy atom. The van der Waals surface area contributed by atoms with Gasteiger partial charge >= 0.3 is 6.18 Å². The van der Waals surface area contributed by atoms with E-state index >= 15 is 0 Å². The van der Waals surface area contributed by atoms with Crippen LogP contribution in [0.3, 0.4) is 0 Å². The van der Waals surface area contributed by atoms with Gasteiger partial charge in [-0.15, -0.1) is 0 Å². The number of fused-ring (bicyclic) bond motifs is 1. The second kappa shape index (κ2) is 4.85. The van der Waals surface area contributed by atoms with Crippen LogP contribution in [0.25, 0.3) is 0 Å². The lowest BCUT2D eigenvalue weighted by molar-refractivity contribution is -0.186. The van der Waals surface area contributed by atoms with E-state index in [2.05, 4.69) is 4.74 Å². The fourth-order valence-corrected chi connectivity index (χ4v) is 1.43. The van der Waals surface area contributed by atoms with E-state index < -0.39 is 19.6 Å². The zero-order valence-electron chi connectivity index (χ0n) is 9.12. The smallest absolute Gasteiger partial charge is 0.411 e. The van der Waals surface area contributed by atoms with Crippen LogP contribution in [0.1, 0.15) is 10.4 Å². The summed E-state index contributed by atoms with van der Waals surface area (Å²) in [6.07, 6.45) is -4.38. The molecule has 0 fully saturated rings. The predicted molar refractivity (Wildman–Crippen MR) is 53.8 cm³/mol. The average Bonchev–Trinajstić information content (AvgIpc) is 2.65. The zero-order valence-corrected chi connectivity index (χ0v) is 9.12. The van der Waals surface area contributed by atoms with Gasteiger partial charge in [-0.25, -0.2) is 0 Å². The summed E-state index contributed by atoms with van der Waals surface area (Å²) in [5, 5.41) is 0. The van der Waals surface area contributed by atoms with Gasteiger partial charge in [-0.05, 0) is 12.1 Å². The highest BCUT2D eigenvalue weighted by atomic mass is 19.4. The fourth-order valence-electron chi connectivity index (χ4n) is 1.43. The van der Waals surface area contributed by atoms with Crippen LogP contribution in [0.15, 0.2) is 18.2 Å². The number of hydrogen-bond acceptors (Lipinski definition) is 4. The van der Waals surface area contributed by atoms with Crippen molar-refractivity contribution in [1.29, 1.82) is 0 Å². The number of ether oxygens (including phenoxy) is 3. The minimum absolute atomic E-state index is 0.0244. The Hall–Kier alpha value is -1.76. The van der Waals surface area contributed by atoms with Crippen LogP contribution in [0.4, 0.5) is 13.2 Å². The minimum Gasteiger partial charge on any atom is -0.485 e. The standard InChI is InChI=1S/C11H9F3O4/c12-11(13,14)5-16-6-18-7-1-2-8-9(15)4-17-10(8)3-7/h1-3H,4-6H2. The van der Waals surface area contributed by atoms with Crippen molar-refractivity contribution in [3.05, 3.63) is 23.8 Å². The van der Waals surface area contributed by atoms with Crippen molar-refractivity contribution >= 4 is 5.78 Å². The molecule has 7 heteroatoms. The Balaban J connectivity index is 1.86. The summed E-state index contributed by atoms with van der Waals surface area (Å²) >= 11 is 0. The Labute approximate surface area is 100 Å². The van der Waals surface area contributed by atoms with Gasteiger partial charge in [0.1, 0.15) is 18.1 Å². The topological polar surface area (TPSA) is 44.8 Å². The first kappa shape index (κ1) is 12.7. The highest BCUT2D eigenvalue weighted by Crippen LogP contribution is 2.29. The van der Waals surface area contributed by atoms with Gasteiger partial charge in [0.25, 0.3) is 0 Å². The average molecular weight is 262 g/mol. The van der Waals surface area contributed by atoms with Crippen LogP contribution in [-0.4, -0.2) is 32.0 Å². The van der Waals surface area contributed by atoms with Crippen molar-refractivity contribution < 1.29 is 32.2 Å². The number of halogens is 3. The van der Waals surface area contributed by atoms with Crippen LogP contribution in [-0.2, 0) is 4.74 Å². The highest BCUT2D eigenvalue weighted by Gasteiger charge is 2.27. The molecule has 0 atom stereocenters. The summed E-state index contributed by atoms with van der Waals surface area (Å²) in [5.74, 6) is 0.517. The number of carbonyl (C=O) groups is 1. The molecule has 0 bridgehead atoms. The van der Waals surface area contributed by atoms with Crippen LogP contribution in [0, 0.1) is 0 Å². The molecule has 0 aliphatic carbocycles. The molecule has 0 aromatic heterocycles. The van der Waals surface area contributed by atoms with Gasteiger partial charge in [0.2, 0.25) is 5.78 Å². The maximum atomic E-state index is 11.8. The van der Waals surface area contributed by atoms with Crippen LogP contribution < -0.4 is 9.47 Å². The van der Waals surface area contributed by atoms with Gasteiger partial charge in [-0.1, -0.05) is 0 Å². The molecule has 4 nitrogen and oxygen atoms in total. The maximum absolute atomic E-state index is 11.8. The Morgan fingerprint density at radius 2 is 2.11 bits per heavy atom. The van der Waals surface area contributed by atoms with Gasteiger partial charge in [0.05, 0.1) is 5.56 Å². The Bertz CT molecular complexity index is 456. The molecule has 0 saturated heterocycles. The van der Waals surface area contributed by atoms with Crippen molar-refractivity contribution in [2.24, 2.45) is 0 Å². The van der Waals surface area contributed by atoms with E-state index in [0.717, 1.165) is 0 Å². The molecule has 18 heavy (non-hydrogen) atoms. The van der Waals surface area contributed by atoms with Crippen molar-refractivity contribution in [1.82, 2.24) is 0 Å². The molecule has 0 N–H and O–H groups in total. The first-order valence-electron chi connectivity index (χ1n) is 5.03. The molecule has 1 heterocycles. The molecule has 1 aliphatic heterocycles. The fraction of sp³-hybridized carbons (Fsp3) is 0.364. The molecule has 98 valence electrons. The van der Waals surface area contributed by atoms with Crippen molar-refractivity contribution in [2.45, 2.75) is 6.18 Å². The lowest BCUT2D eigenvalue weighted by Gasteiger charge is -2.09. The molecule has 2 rings (SSSR count). The number of carbonyl (C=O) groups excluding carboxylic acids is 1. The van der Waals surface area contributed by atoms with Gasteiger partial charge in [0.15, 0.2) is 13.4 Å². The summed E-state index contributed by atoms with van der Waals surface area (Å²) in [6, 6.07) is 4.42. The number of hydrogen-bond donors (Lipinski definition) is 0. The largest absolute Gasteiger partial charge is 0.485 e. The summed E-state index contributed by atoms with van der Waals surface area (Å²) < 4.78 is 49.6. The highest BCUT2D eigenvalue weighted by molar-refractivity contribution is 6.02. The maximum Gasteiger partial charge on any atom is 0.411 e.